The van der Waals surface area contributed by atoms with Gasteiger partial charge in [-0.25, -0.2) is 0 Å². The second-order valence-electron chi connectivity index (χ2n) is 11.0. The van der Waals surface area contributed by atoms with Crippen molar-refractivity contribution in [3.8, 4) is 0 Å². The Hall–Kier alpha value is -1.14. The Morgan fingerprint density at radius 2 is 0.867 bits per heavy atom. The molecule has 0 atom stereocenters. The van der Waals surface area contributed by atoms with Crippen LogP contribution in [-0.2, 0) is 19.1 Å². The molecule has 0 rings (SSSR count). The molecule has 0 fully saturated rings. The van der Waals surface area contributed by atoms with E-state index in [9.17, 15) is 19.8 Å². The van der Waals surface area contributed by atoms with Gasteiger partial charge in [0.25, 0.3) is 0 Å². The minimum atomic E-state index is -0.707. The van der Waals surface area contributed by atoms with Crippen molar-refractivity contribution < 1.29 is 29.3 Å². The van der Waals surface area contributed by atoms with E-state index in [-0.39, 0.29) is 11.9 Å². The summed E-state index contributed by atoms with van der Waals surface area (Å²) in [5.74, 6) is -0.477. The molecule has 6 nitrogen and oxygen atoms in total. The fraction of sp³-hybridized carbons (Fsp3) is 0.917. The van der Waals surface area contributed by atoms with E-state index in [0.717, 1.165) is 12.8 Å². The standard InChI is InChI=1S/C24H46O6/c1-21(2,27)15-11-9-13-19(25)29-23(5,6)17-18-24(7,8)30-20(26)14-10-12-16-22(3,4)28/h27-28H,9-18H2,1-8H3. The van der Waals surface area contributed by atoms with E-state index in [1.807, 2.05) is 27.7 Å². The summed E-state index contributed by atoms with van der Waals surface area (Å²) in [6.45, 7) is 14.5. The van der Waals surface area contributed by atoms with Crippen LogP contribution in [0.1, 0.15) is 120 Å². The lowest BCUT2D eigenvalue weighted by Gasteiger charge is -2.31. The van der Waals surface area contributed by atoms with Crippen molar-refractivity contribution in [2.24, 2.45) is 0 Å². The third-order valence-electron chi connectivity index (χ3n) is 4.95. The summed E-state index contributed by atoms with van der Waals surface area (Å²) in [5.41, 5.74) is -2.68. The van der Waals surface area contributed by atoms with E-state index in [1.54, 1.807) is 27.7 Å². The molecule has 0 saturated carbocycles. The zero-order valence-electron chi connectivity index (χ0n) is 20.6. The third kappa shape index (κ3) is 17.7. The highest BCUT2D eigenvalue weighted by Gasteiger charge is 2.29. The average molecular weight is 431 g/mol. The maximum atomic E-state index is 12.1. The van der Waals surface area contributed by atoms with Gasteiger partial charge in [-0.1, -0.05) is 12.8 Å². The van der Waals surface area contributed by atoms with Crippen LogP contribution in [0.4, 0.5) is 0 Å². The number of ether oxygens (including phenoxy) is 2. The molecule has 0 aromatic carbocycles. The SMILES string of the molecule is CC(C)(O)CCCCC(=O)OC(C)(C)CCC(C)(C)OC(=O)CCCCC(C)(C)O. The molecule has 0 heterocycles. The molecule has 0 bridgehead atoms. The smallest absolute Gasteiger partial charge is 0.306 e. The zero-order chi connectivity index (χ0) is 23.6. The largest absolute Gasteiger partial charge is 0.460 e. The van der Waals surface area contributed by atoms with Crippen molar-refractivity contribution in [1.82, 2.24) is 0 Å². The molecule has 0 aliphatic heterocycles. The molecule has 178 valence electrons. The van der Waals surface area contributed by atoms with E-state index in [1.165, 1.54) is 0 Å². The summed E-state index contributed by atoms with van der Waals surface area (Å²) in [7, 11) is 0. The zero-order valence-corrected chi connectivity index (χ0v) is 20.6. The fourth-order valence-electron chi connectivity index (χ4n) is 3.08. The number of unbranched alkanes of at least 4 members (excludes halogenated alkanes) is 2. The second-order valence-corrected chi connectivity index (χ2v) is 11.0. The van der Waals surface area contributed by atoms with Gasteiger partial charge in [0.15, 0.2) is 0 Å². The van der Waals surface area contributed by atoms with Gasteiger partial charge in [0.1, 0.15) is 11.2 Å². The highest BCUT2D eigenvalue weighted by atomic mass is 16.6. The van der Waals surface area contributed by atoms with Gasteiger partial charge < -0.3 is 19.7 Å². The average Bonchev–Trinajstić information content (AvgIpc) is 2.52. The summed E-state index contributed by atoms with van der Waals surface area (Å²) < 4.78 is 11.2. The number of rotatable bonds is 15. The molecule has 0 aliphatic carbocycles. The van der Waals surface area contributed by atoms with Crippen LogP contribution >= 0.6 is 0 Å². The molecule has 0 saturated heterocycles. The van der Waals surface area contributed by atoms with Crippen molar-refractivity contribution in [3.63, 3.8) is 0 Å². The van der Waals surface area contributed by atoms with Gasteiger partial charge in [0.2, 0.25) is 0 Å². The van der Waals surface area contributed by atoms with Crippen molar-refractivity contribution >= 4 is 11.9 Å². The Kier molecular flexibility index (Phi) is 11.6. The Morgan fingerprint density at radius 3 is 1.13 bits per heavy atom. The van der Waals surface area contributed by atoms with E-state index in [4.69, 9.17) is 9.47 Å². The van der Waals surface area contributed by atoms with Crippen LogP contribution in [0.3, 0.4) is 0 Å². The molecule has 0 unspecified atom stereocenters. The van der Waals surface area contributed by atoms with Gasteiger partial charge in [0.05, 0.1) is 11.2 Å². The number of carbonyl (C=O) groups is 2. The van der Waals surface area contributed by atoms with Crippen LogP contribution in [0, 0.1) is 0 Å². The van der Waals surface area contributed by atoms with Crippen LogP contribution in [0.25, 0.3) is 0 Å². The minimum Gasteiger partial charge on any atom is -0.460 e. The topological polar surface area (TPSA) is 93.1 Å². The molecular weight excluding hydrogens is 384 g/mol. The molecular formula is C24H46O6. The normalized spacial score (nSPS) is 13.3. The van der Waals surface area contributed by atoms with E-state index >= 15 is 0 Å². The van der Waals surface area contributed by atoms with Crippen LogP contribution in [-0.4, -0.2) is 44.6 Å². The number of hydrogen-bond acceptors (Lipinski definition) is 6. The fourth-order valence-corrected chi connectivity index (χ4v) is 3.08. The summed E-state index contributed by atoms with van der Waals surface area (Å²) in [6, 6.07) is 0. The first-order chi connectivity index (χ1) is 13.4. The Morgan fingerprint density at radius 1 is 0.567 bits per heavy atom. The highest BCUT2D eigenvalue weighted by molar-refractivity contribution is 5.70. The molecule has 0 aromatic heterocycles. The van der Waals surface area contributed by atoms with Gasteiger partial charge >= 0.3 is 11.9 Å². The molecule has 0 aromatic rings. The monoisotopic (exact) mass is 430 g/mol. The molecule has 6 heteroatoms. The summed E-state index contributed by atoms with van der Waals surface area (Å²) in [4.78, 5) is 24.2. The first-order valence-electron chi connectivity index (χ1n) is 11.3. The maximum absolute atomic E-state index is 12.1. The highest BCUT2D eigenvalue weighted by Crippen LogP contribution is 2.26. The minimum absolute atomic E-state index is 0.239. The summed E-state index contributed by atoms with van der Waals surface area (Å²) in [5, 5.41) is 19.4. The first-order valence-corrected chi connectivity index (χ1v) is 11.3. The molecule has 0 spiro atoms. The predicted octanol–water partition coefficient (Wildman–Crippen LogP) is 5.07. The molecule has 0 radical (unpaired) electrons. The number of esters is 2. The van der Waals surface area contributed by atoms with Crippen molar-refractivity contribution in [3.05, 3.63) is 0 Å². The second kappa shape index (κ2) is 12.0. The Labute approximate surface area is 183 Å². The van der Waals surface area contributed by atoms with Crippen LogP contribution in [0.2, 0.25) is 0 Å². The lowest BCUT2D eigenvalue weighted by atomic mass is 9.93. The number of aliphatic hydroxyl groups is 2. The van der Waals surface area contributed by atoms with Gasteiger partial charge in [-0.15, -0.1) is 0 Å². The Bertz CT molecular complexity index is 475. The number of carbonyl (C=O) groups excluding carboxylic acids is 2. The van der Waals surface area contributed by atoms with Crippen molar-refractivity contribution in [2.45, 2.75) is 142 Å². The molecule has 30 heavy (non-hydrogen) atoms. The van der Waals surface area contributed by atoms with Crippen molar-refractivity contribution in [1.29, 1.82) is 0 Å². The predicted molar refractivity (Wildman–Crippen MR) is 119 cm³/mol. The summed E-state index contributed by atoms with van der Waals surface area (Å²) in [6.07, 6.45) is 6.08. The lowest BCUT2D eigenvalue weighted by molar-refractivity contribution is -0.164. The van der Waals surface area contributed by atoms with Gasteiger partial charge in [-0.05, 0) is 93.9 Å². The first kappa shape index (κ1) is 28.9. The van der Waals surface area contributed by atoms with E-state index in [2.05, 4.69) is 0 Å². The van der Waals surface area contributed by atoms with Crippen molar-refractivity contribution in [2.75, 3.05) is 0 Å². The van der Waals surface area contributed by atoms with Crippen LogP contribution in [0.5, 0.6) is 0 Å². The molecule has 0 amide bonds. The molecule has 2 N–H and O–H groups in total. The quantitative estimate of drug-likeness (QED) is 0.278. The van der Waals surface area contributed by atoms with E-state index < -0.39 is 22.4 Å². The van der Waals surface area contributed by atoms with E-state index in [0.29, 0.717) is 51.4 Å². The van der Waals surface area contributed by atoms with Gasteiger partial charge in [0, 0.05) is 12.8 Å². The Balaban J connectivity index is 4.22. The van der Waals surface area contributed by atoms with Crippen LogP contribution in [0.15, 0.2) is 0 Å². The molecule has 0 aliphatic rings. The lowest BCUT2D eigenvalue weighted by Crippen LogP contribution is -2.34. The van der Waals surface area contributed by atoms with Gasteiger partial charge in [-0.3, -0.25) is 9.59 Å². The summed E-state index contributed by atoms with van der Waals surface area (Å²) >= 11 is 0. The van der Waals surface area contributed by atoms with Gasteiger partial charge in [-0.2, -0.15) is 0 Å². The maximum Gasteiger partial charge on any atom is 0.306 e. The third-order valence-corrected chi connectivity index (χ3v) is 4.95. The van der Waals surface area contributed by atoms with Crippen LogP contribution < -0.4 is 0 Å². The number of hydrogen-bond donors (Lipinski definition) is 2.